The molecule has 1 aliphatic heterocycles. The van der Waals surface area contributed by atoms with E-state index in [1.54, 1.807) is 50.9 Å². The third-order valence-corrected chi connectivity index (χ3v) is 6.78. The van der Waals surface area contributed by atoms with Crippen LogP contribution in [0.1, 0.15) is 48.2 Å². The number of fused-ring (bicyclic) bond motifs is 1. The summed E-state index contributed by atoms with van der Waals surface area (Å²) in [5.41, 5.74) is 3.46. The van der Waals surface area contributed by atoms with E-state index in [2.05, 4.69) is 10.6 Å². The normalized spacial score (nSPS) is 14.4. The van der Waals surface area contributed by atoms with E-state index in [4.69, 9.17) is 14.5 Å². The molecular formula is C34H39N5O6. The Morgan fingerprint density at radius 3 is 2.27 bits per heavy atom. The van der Waals surface area contributed by atoms with Crippen molar-refractivity contribution in [3.63, 3.8) is 0 Å². The number of nitrogens with zero attached hydrogens (tertiary/aromatic N) is 3. The summed E-state index contributed by atoms with van der Waals surface area (Å²) in [4.78, 5) is 58.7. The molecule has 0 saturated carbocycles. The first kappa shape index (κ1) is 32.9. The van der Waals surface area contributed by atoms with Crippen LogP contribution in [-0.2, 0) is 19.1 Å². The van der Waals surface area contributed by atoms with Crippen molar-refractivity contribution in [2.24, 2.45) is 4.99 Å². The van der Waals surface area contributed by atoms with Gasteiger partial charge in [0, 0.05) is 18.4 Å². The zero-order chi connectivity index (χ0) is 32.7. The van der Waals surface area contributed by atoms with Crippen molar-refractivity contribution in [3.05, 3.63) is 89.5 Å². The van der Waals surface area contributed by atoms with E-state index >= 15 is 0 Å². The van der Waals surface area contributed by atoms with Gasteiger partial charge in [-0.3, -0.25) is 14.6 Å². The van der Waals surface area contributed by atoms with Crippen molar-refractivity contribution in [2.45, 2.75) is 32.3 Å². The first-order valence-corrected chi connectivity index (χ1v) is 14.6. The number of benzene rings is 3. The van der Waals surface area contributed by atoms with Gasteiger partial charge in [-0.2, -0.15) is 0 Å². The van der Waals surface area contributed by atoms with Crippen molar-refractivity contribution in [1.29, 1.82) is 0 Å². The molecule has 1 aliphatic rings. The summed E-state index contributed by atoms with van der Waals surface area (Å²) < 4.78 is 10.5. The molecule has 0 fully saturated rings. The van der Waals surface area contributed by atoms with Gasteiger partial charge in [0.1, 0.15) is 18.1 Å². The number of carbonyl (C=O) groups is 4. The number of hydrogen-bond donors (Lipinski definition) is 2. The van der Waals surface area contributed by atoms with Crippen LogP contribution in [-0.4, -0.2) is 80.9 Å². The molecule has 1 heterocycles. The maximum Gasteiger partial charge on any atom is 0.407 e. The minimum atomic E-state index is -0.727. The summed E-state index contributed by atoms with van der Waals surface area (Å²) >= 11 is 0. The highest BCUT2D eigenvalue weighted by Crippen LogP contribution is 2.37. The highest BCUT2D eigenvalue weighted by Gasteiger charge is 2.36. The fourth-order valence-corrected chi connectivity index (χ4v) is 4.67. The Labute approximate surface area is 263 Å². The number of hydrogen-bond acceptors (Lipinski definition) is 8. The van der Waals surface area contributed by atoms with E-state index in [9.17, 15) is 19.2 Å². The van der Waals surface area contributed by atoms with Crippen molar-refractivity contribution in [1.82, 2.24) is 10.2 Å². The monoisotopic (exact) mass is 613 g/mol. The van der Waals surface area contributed by atoms with E-state index in [1.165, 1.54) is 0 Å². The smallest absolute Gasteiger partial charge is 0.407 e. The summed E-state index contributed by atoms with van der Waals surface area (Å²) in [6, 6.07) is 21.6. The molecule has 1 atom stereocenters. The van der Waals surface area contributed by atoms with Gasteiger partial charge >= 0.3 is 12.1 Å². The van der Waals surface area contributed by atoms with Gasteiger partial charge in [0.15, 0.2) is 0 Å². The Hall–Kier alpha value is -5.03. The third kappa shape index (κ3) is 8.76. The van der Waals surface area contributed by atoms with E-state index in [-0.39, 0.29) is 37.1 Å². The number of likely N-dealkylation sites (N-methyl/N-ethyl adjacent to an activating group) is 2. The Bertz CT molecular complexity index is 1580. The number of carbonyl (C=O) groups excluding carboxylic acids is 4. The van der Waals surface area contributed by atoms with Crippen molar-refractivity contribution in [3.8, 4) is 0 Å². The lowest BCUT2D eigenvalue weighted by Gasteiger charge is -2.20. The minimum Gasteiger partial charge on any atom is -0.460 e. The van der Waals surface area contributed by atoms with Gasteiger partial charge in [0.05, 0.1) is 30.1 Å². The Morgan fingerprint density at radius 2 is 1.62 bits per heavy atom. The van der Waals surface area contributed by atoms with Crippen molar-refractivity contribution in [2.75, 3.05) is 51.1 Å². The summed E-state index contributed by atoms with van der Waals surface area (Å²) in [6.07, 6.45) is -0.598. The van der Waals surface area contributed by atoms with Crippen LogP contribution in [0.5, 0.6) is 0 Å². The number of anilines is 2. The topological polar surface area (TPSA) is 130 Å². The number of esters is 1. The zero-order valence-electron chi connectivity index (χ0n) is 26.4. The Morgan fingerprint density at radius 1 is 0.933 bits per heavy atom. The van der Waals surface area contributed by atoms with Crippen LogP contribution in [0, 0.1) is 0 Å². The largest absolute Gasteiger partial charge is 0.460 e. The predicted octanol–water partition coefficient (Wildman–Crippen LogP) is 4.75. The SMILES string of the molecule is CN(C)CC(=O)N(C)c1ccc(N=C(c2ccccc2)C2C(=O)Nc3cc(C(=O)OCCNC(=O)OC(C)(C)C)ccc32)cc1. The molecule has 11 nitrogen and oxygen atoms in total. The van der Waals surface area contributed by atoms with Crippen molar-refractivity contribution >= 4 is 46.7 Å². The first-order chi connectivity index (χ1) is 21.3. The number of amides is 3. The van der Waals surface area contributed by atoms with Crippen LogP contribution in [0.2, 0.25) is 0 Å². The molecule has 0 spiro atoms. The Balaban J connectivity index is 1.53. The van der Waals surface area contributed by atoms with Crippen molar-refractivity contribution < 1.29 is 28.7 Å². The van der Waals surface area contributed by atoms with Gasteiger partial charge in [-0.15, -0.1) is 0 Å². The second kappa shape index (κ2) is 14.2. The molecule has 11 heteroatoms. The van der Waals surface area contributed by atoms with Gasteiger partial charge in [-0.05, 0) is 82.4 Å². The number of nitrogens with one attached hydrogen (secondary N) is 2. The molecule has 3 aromatic carbocycles. The molecule has 2 N–H and O–H groups in total. The van der Waals surface area contributed by atoms with Crippen LogP contribution >= 0.6 is 0 Å². The quantitative estimate of drug-likeness (QED) is 0.192. The molecule has 0 radical (unpaired) electrons. The van der Waals surface area contributed by atoms with E-state index in [0.717, 1.165) is 11.3 Å². The standard InChI is InChI=1S/C34H39N5O6/c1-34(2,3)45-33(43)35-18-19-44-32(42)23-12-17-26-27(20-23)37-31(41)29(26)30(22-10-8-7-9-11-22)36-24-13-15-25(16-14-24)39(6)28(40)21-38(4)5/h7-17,20,29H,18-19,21H2,1-6H3,(H,35,43)(H,37,41). The van der Waals surface area contributed by atoms with E-state index < -0.39 is 23.6 Å². The maximum absolute atomic E-state index is 13.4. The molecule has 0 aliphatic carbocycles. The number of rotatable bonds is 10. The summed E-state index contributed by atoms with van der Waals surface area (Å²) in [7, 11) is 5.41. The average molecular weight is 614 g/mol. The fraction of sp³-hybridized carbons (Fsp3) is 0.324. The van der Waals surface area contributed by atoms with Gasteiger partial charge in [0.2, 0.25) is 11.8 Å². The second-order valence-electron chi connectivity index (χ2n) is 11.9. The van der Waals surface area contributed by atoms with Crippen LogP contribution in [0.25, 0.3) is 0 Å². The minimum absolute atomic E-state index is 0.0406. The Kier molecular flexibility index (Phi) is 10.4. The third-order valence-electron chi connectivity index (χ3n) is 6.78. The summed E-state index contributed by atoms with van der Waals surface area (Å²) in [6.45, 7) is 5.60. The lowest BCUT2D eigenvalue weighted by atomic mass is 9.90. The van der Waals surface area contributed by atoms with Crippen LogP contribution in [0.4, 0.5) is 21.9 Å². The van der Waals surface area contributed by atoms with Gasteiger partial charge in [-0.1, -0.05) is 36.4 Å². The highest BCUT2D eigenvalue weighted by atomic mass is 16.6. The van der Waals surface area contributed by atoms with Gasteiger partial charge in [-0.25, -0.2) is 9.59 Å². The van der Waals surface area contributed by atoms with Crippen LogP contribution in [0.3, 0.4) is 0 Å². The average Bonchev–Trinajstić information content (AvgIpc) is 3.31. The molecule has 0 saturated heterocycles. The lowest BCUT2D eigenvalue weighted by molar-refractivity contribution is -0.119. The summed E-state index contributed by atoms with van der Waals surface area (Å²) in [5, 5.41) is 5.43. The molecule has 45 heavy (non-hydrogen) atoms. The highest BCUT2D eigenvalue weighted by molar-refractivity contribution is 6.24. The van der Waals surface area contributed by atoms with Gasteiger partial charge < -0.3 is 29.9 Å². The maximum atomic E-state index is 13.4. The van der Waals surface area contributed by atoms with E-state index in [0.29, 0.717) is 22.6 Å². The second-order valence-corrected chi connectivity index (χ2v) is 11.9. The fourth-order valence-electron chi connectivity index (χ4n) is 4.67. The summed E-state index contributed by atoms with van der Waals surface area (Å²) in [5.74, 6) is -1.63. The molecule has 4 rings (SSSR count). The molecule has 0 bridgehead atoms. The van der Waals surface area contributed by atoms with Crippen LogP contribution < -0.4 is 15.5 Å². The molecule has 1 unspecified atom stereocenters. The first-order valence-electron chi connectivity index (χ1n) is 14.6. The number of ether oxygens (including phenoxy) is 2. The number of alkyl carbamates (subject to hydrolysis) is 1. The molecular weight excluding hydrogens is 574 g/mol. The van der Waals surface area contributed by atoms with Gasteiger partial charge in [0.25, 0.3) is 0 Å². The lowest BCUT2D eigenvalue weighted by Crippen LogP contribution is -2.34. The molecule has 3 aromatic rings. The number of aliphatic imine (C=N–C) groups is 1. The van der Waals surface area contributed by atoms with E-state index in [1.807, 2.05) is 73.6 Å². The zero-order valence-corrected chi connectivity index (χ0v) is 26.4. The molecule has 0 aromatic heterocycles. The predicted molar refractivity (Wildman–Crippen MR) is 173 cm³/mol. The van der Waals surface area contributed by atoms with Crippen LogP contribution in [0.15, 0.2) is 77.8 Å². The molecule has 3 amide bonds. The molecule has 236 valence electrons.